The Bertz CT molecular complexity index is 1060. The molecule has 0 aliphatic heterocycles. The van der Waals surface area contributed by atoms with Crippen LogP contribution < -0.4 is 5.32 Å². The van der Waals surface area contributed by atoms with Crippen molar-refractivity contribution >= 4 is 28.6 Å². The zero-order chi connectivity index (χ0) is 17.4. The van der Waals surface area contributed by atoms with Crippen molar-refractivity contribution in [2.45, 2.75) is 13.8 Å². The van der Waals surface area contributed by atoms with E-state index in [1.807, 2.05) is 66.1 Å². The van der Waals surface area contributed by atoms with Gasteiger partial charge in [0.15, 0.2) is 0 Å². The molecule has 0 saturated heterocycles. The zero-order valence-corrected chi connectivity index (χ0v) is 14.7. The van der Waals surface area contributed by atoms with Gasteiger partial charge in [0.2, 0.25) is 0 Å². The number of benzene rings is 1. The molecule has 0 aliphatic rings. The van der Waals surface area contributed by atoms with Gasteiger partial charge in [0.1, 0.15) is 11.3 Å². The van der Waals surface area contributed by atoms with Gasteiger partial charge in [-0.2, -0.15) is 0 Å². The van der Waals surface area contributed by atoms with Gasteiger partial charge in [0.25, 0.3) is 5.91 Å². The first-order chi connectivity index (χ1) is 12.1. The third-order valence-electron chi connectivity index (χ3n) is 3.99. The fourth-order valence-electron chi connectivity index (χ4n) is 2.67. The lowest BCUT2D eigenvalue weighted by Gasteiger charge is -2.04. The first-order valence-corrected chi connectivity index (χ1v) is 8.77. The predicted molar refractivity (Wildman–Crippen MR) is 100 cm³/mol. The van der Waals surface area contributed by atoms with Crippen LogP contribution in [-0.2, 0) is 0 Å². The third-order valence-corrected chi connectivity index (χ3v) is 4.76. The first-order valence-electron chi connectivity index (χ1n) is 7.89. The highest BCUT2D eigenvalue weighted by molar-refractivity contribution is 7.09. The minimum Gasteiger partial charge on any atom is -0.321 e. The van der Waals surface area contributed by atoms with Crippen molar-refractivity contribution in [2.75, 3.05) is 5.32 Å². The molecule has 0 aliphatic carbocycles. The number of carbonyl (C=O) groups excluding carboxylic acids is 1. The summed E-state index contributed by atoms with van der Waals surface area (Å²) < 4.78 is 1.91. The van der Waals surface area contributed by atoms with E-state index in [0.29, 0.717) is 5.69 Å². The largest absolute Gasteiger partial charge is 0.321 e. The maximum Gasteiger partial charge on any atom is 0.275 e. The average molecular weight is 348 g/mol. The Balaban J connectivity index is 1.54. The molecule has 0 bridgehead atoms. The van der Waals surface area contributed by atoms with E-state index >= 15 is 0 Å². The average Bonchev–Trinajstić information content (AvgIpc) is 3.23. The van der Waals surface area contributed by atoms with Gasteiger partial charge in [-0.15, -0.1) is 11.3 Å². The van der Waals surface area contributed by atoms with Gasteiger partial charge >= 0.3 is 0 Å². The number of fused-ring (bicyclic) bond motifs is 1. The van der Waals surface area contributed by atoms with Gasteiger partial charge in [0.05, 0.1) is 10.7 Å². The molecule has 25 heavy (non-hydrogen) atoms. The second-order valence-electron chi connectivity index (χ2n) is 5.80. The summed E-state index contributed by atoms with van der Waals surface area (Å²) >= 11 is 1.62. The smallest absolute Gasteiger partial charge is 0.275 e. The highest BCUT2D eigenvalue weighted by Gasteiger charge is 2.12. The van der Waals surface area contributed by atoms with E-state index in [1.165, 1.54) is 0 Å². The lowest BCUT2D eigenvalue weighted by atomic mass is 10.1. The SMILES string of the molecule is Cc1nc(-c2ccc(NC(=O)c3cn4c(C)cccc4n3)cc2)cs1. The second kappa shape index (κ2) is 6.14. The van der Waals surface area contributed by atoms with Crippen LogP contribution in [0, 0.1) is 13.8 Å². The number of anilines is 1. The van der Waals surface area contributed by atoms with Crippen LogP contribution in [0.25, 0.3) is 16.9 Å². The van der Waals surface area contributed by atoms with Gasteiger partial charge in [0, 0.05) is 28.5 Å². The summed E-state index contributed by atoms with van der Waals surface area (Å²) in [4.78, 5) is 21.3. The number of hydrogen-bond donors (Lipinski definition) is 1. The Morgan fingerprint density at radius 1 is 1.08 bits per heavy atom. The number of nitrogens with one attached hydrogen (secondary N) is 1. The van der Waals surface area contributed by atoms with E-state index in [2.05, 4.69) is 15.3 Å². The molecule has 3 heterocycles. The van der Waals surface area contributed by atoms with Crippen LogP contribution >= 0.6 is 11.3 Å². The van der Waals surface area contributed by atoms with E-state index in [4.69, 9.17) is 0 Å². The molecule has 0 fully saturated rings. The number of thiazole rings is 1. The molecule has 4 aromatic rings. The number of carbonyl (C=O) groups is 1. The molecule has 0 spiro atoms. The predicted octanol–water partition coefficient (Wildman–Crippen LogP) is 4.33. The molecular formula is C19H16N4OS. The molecule has 3 aromatic heterocycles. The molecule has 6 heteroatoms. The van der Waals surface area contributed by atoms with E-state index in [-0.39, 0.29) is 5.91 Å². The summed E-state index contributed by atoms with van der Waals surface area (Å²) in [6.07, 6.45) is 1.76. The van der Waals surface area contributed by atoms with Gasteiger partial charge in [-0.1, -0.05) is 18.2 Å². The van der Waals surface area contributed by atoms with E-state index in [1.54, 1.807) is 17.5 Å². The molecule has 124 valence electrons. The Kier molecular flexibility index (Phi) is 3.82. The minimum absolute atomic E-state index is 0.222. The van der Waals surface area contributed by atoms with Crippen LogP contribution in [0.1, 0.15) is 21.2 Å². The van der Waals surface area contributed by atoms with Crippen LogP contribution in [0.5, 0.6) is 0 Å². The Morgan fingerprint density at radius 3 is 2.56 bits per heavy atom. The van der Waals surface area contributed by atoms with Crippen molar-refractivity contribution in [3.63, 3.8) is 0 Å². The molecule has 1 N–H and O–H groups in total. The molecule has 4 rings (SSSR count). The number of aromatic nitrogens is 3. The molecule has 1 aromatic carbocycles. The van der Waals surface area contributed by atoms with Crippen LogP contribution in [0.3, 0.4) is 0 Å². The van der Waals surface area contributed by atoms with Crippen molar-refractivity contribution in [3.8, 4) is 11.3 Å². The minimum atomic E-state index is -0.222. The third kappa shape index (κ3) is 3.04. The summed E-state index contributed by atoms with van der Waals surface area (Å²) in [7, 11) is 0. The molecule has 5 nitrogen and oxygen atoms in total. The van der Waals surface area contributed by atoms with Crippen molar-refractivity contribution in [1.82, 2.24) is 14.4 Å². The number of nitrogens with zero attached hydrogens (tertiary/aromatic N) is 3. The van der Waals surface area contributed by atoms with E-state index < -0.39 is 0 Å². The molecule has 0 atom stereocenters. The lowest BCUT2D eigenvalue weighted by Crippen LogP contribution is -2.12. The van der Waals surface area contributed by atoms with E-state index in [9.17, 15) is 4.79 Å². The Morgan fingerprint density at radius 2 is 1.88 bits per heavy atom. The lowest BCUT2D eigenvalue weighted by molar-refractivity contribution is 0.102. The number of pyridine rings is 1. The molecule has 1 amide bonds. The first kappa shape index (κ1) is 15.5. The van der Waals surface area contributed by atoms with Crippen molar-refractivity contribution < 1.29 is 4.79 Å². The summed E-state index contributed by atoms with van der Waals surface area (Å²) in [5.74, 6) is -0.222. The van der Waals surface area contributed by atoms with Gasteiger partial charge in [-0.05, 0) is 38.1 Å². The number of aryl methyl sites for hydroxylation is 2. The summed E-state index contributed by atoms with van der Waals surface area (Å²) in [6.45, 7) is 3.97. The quantitative estimate of drug-likeness (QED) is 0.599. The van der Waals surface area contributed by atoms with Crippen molar-refractivity contribution in [2.24, 2.45) is 0 Å². The number of hydrogen-bond acceptors (Lipinski definition) is 4. The van der Waals surface area contributed by atoms with Crippen LogP contribution in [0.15, 0.2) is 54.0 Å². The van der Waals surface area contributed by atoms with Gasteiger partial charge < -0.3 is 9.72 Å². The van der Waals surface area contributed by atoms with Crippen molar-refractivity contribution in [3.05, 3.63) is 70.4 Å². The maximum atomic E-state index is 12.5. The summed E-state index contributed by atoms with van der Waals surface area (Å²) in [5, 5.41) is 5.96. The summed E-state index contributed by atoms with van der Waals surface area (Å²) in [6, 6.07) is 13.5. The molecular weight excluding hydrogens is 332 g/mol. The van der Waals surface area contributed by atoms with Gasteiger partial charge in [-0.3, -0.25) is 4.79 Å². The molecule has 0 saturated carbocycles. The highest BCUT2D eigenvalue weighted by Crippen LogP contribution is 2.23. The topological polar surface area (TPSA) is 59.3 Å². The normalized spacial score (nSPS) is 11.0. The molecule has 0 radical (unpaired) electrons. The standard InChI is InChI=1S/C19H16N4OS/c1-12-4-3-5-18-22-16(10-23(12)18)19(24)21-15-8-6-14(7-9-15)17-11-25-13(2)20-17/h3-11H,1-2H3,(H,21,24). The van der Waals surface area contributed by atoms with Crippen LogP contribution in [0.4, 0.5) is 5.69 Å². The fourth-order valence-corrected chi connectivity index (χ4v) is 3.30. The Hall–Kier alpha value is -2.99. The monoisotopic (exact) mass is 348 g/mol. The summed E-state index contributed by atoms with van der Waals surface area (Å²) in [5.41, 5.74) is 4.91. The van der Waals surface area contributed by atoms with Crippen molar-refractivity contribution in [1.29, 1.82) is 0 Å². The number of rotatable bonds is 3. The Labute approximate surface area is 149 Å². The zero-order valence-electron chi connectivity index (χ0n) is 13.9. The second-order valence-corrected chi connectivity index (χ2v) is 6.87. The highest BCUT2D eigenvalue weighted by atomic mass is 32.1. The van der Waals surface area contributed by atoms with E-state index in [0.717, 1.165) is 33.3 Å². The fraction of sp³-hybridized carbons (Fsp3) is 0.105. The van der Waals surface area contributed by atoms with Crippen LogP contribution in [0.2, 0.25) is 0 Å². The number of amides is 1. The maximum absolute atomic E-state index is 12.5. The van der Waals surface area contributed by atoms with Crippen LogP contribution in [-0.4, -0.2) is 20.3 Å². The number of imidazole rings is 1. The molecule has 0 unspecified atom stereocenters. The van der Waals surface area contributed by atoms with Gasteiger partial charge in [-0.25, -0.2) is 9.97 Å².